The van der Waals surface area contributed by atoms with Gasteiger partial charge in [-0.25, -0.2) is 4.39 Å². The number of benzene rings is 3. The number of nitrogen functional groups attached to an aromatic ring is 1. The van der Waals surface area contributed by atoms with E-state index in [4.69, 9.17) is 17.3 Å². The quantitative estimate of drug-likeness (QED) is 0.386. The Morgan fingerprint density at radius 3 is 2.52 bits per heavy atom. The van der Waals surface area contributed by atoms with Crippen molar-refractivity contribution in [1.29, 1.82) is 0 Å². The first-order valence-electron chi connectivity index (χ1n) is 10.6. The summed E-state index contributed by atoms with van der Waals surface area (Å²) in [4.78, 5) is 27.3. The maximum absolute atomic E-state index is 13.2. The number of nitrogens with one attached hydrogen (secondary N) is 1. The molecule has 3 N–H and O–H groups in total. The van der Waals surface area contributed by atoms with Crippen molar-refractivity contribution in [2.45, 2.75) is 19.4 Å². The molecule has 4 rings (SSSR count). The Morgan fingerprint density at radius 1 is 1.09 bits per heavy atom. The number of likely N-dealkylation sites (tertiary alicyclic amines) is 1. The fourth-order valence-electron chi connectivity index (χ4n) is 3.74. The highest BCUT2D eigenvalue weighted by molar-refractivity contribution is 6.30. The zero-order chi connectivity index (χ0) is 23.4. The Morgan fingerprint density at radius 2 is 1.82 bits per heavy atom. The minimum Gasteiger partial charge on any atom is -0.397 e. The molecule has 1 fully saturated rings. The number of hydrogen-bond acceptors (Lipinski definition) is 3. The van der Waals surface area contributed by atoms with Gasteiger partial charge in [-0.2, -0.15) is 0 Å². The molecule has 0 bridgehead atoms. The van der Waals surface area contributed by atoms with E-state index in [2.05, 4.69) is 5.32 Å². The van der Waals surface area contributed by atoms with Crippen LogP contribution >= 0.6 is 11.6 Å². The van der Waals surface area contributed by atoms with E-state index >= 15 is 0 Å². The van der Waals surface area contributed by atoms with E-state index in [9.17, 15) is 14.0 Å². The predicted octanol–water partition coefficient (Wildman–Crippen LogP) is 5.52. The highest BCUT2D eigenvalue weighted by Crippen LogP contribution is 2.23. The van der Waals surface area contributed by atoms with Crippen LogP contribution in [0.3, 0.4) is 0 Å². The van der Waals surface area contributed by atoms with Crippen LogP contribution in [-0.4, -0.2) is 23.3 Å². The molecular formula is C26H23ClFN3O2. The molecule has 7 heteroatoms. The van der Waals surface area contributed by atoms with E-state index in [1.54, 1.807) is 24.3 Å². The number of halogens is 2. The van der Waals surface area contributed by atoms with Crippen molar-refractivity contribution in [2.75, 3.05) is 17.6 Å². The second-order valence-electron chi connectivity index (χ2n) is 7.93. The van der Waals surface area contributed by atoms with Crippen LogP contribution in [0, 0.1) is 5.82 Å². The third-order valence-electron chi connectivity index (χ3n) is 5.50. The van der Waals surface area contributed by atoms with E-state index in [-0.39, 0.29) is 17.5 Å². The molecule has 0 aromatic heterocycles. The van der Waals surface area contributed by atoms with Gasteiger partial charge in [0, 0.05) is 29.2 Å². The topological polar surface area (TPSA) is 75.4 Å². The zero-order valence-corrected chi connectivity index (χ0v) is 18.6. The van der Waals surface area contributed by atoms with Gasteiger partial charge in [-0.15, -0.1) is 0 Å². The first-order valence-corrected chi connectivity index (χ1v) is 11.0. The Labute approximate surface area is 196 Å². The summed E-state index contributed by atoms with van der Waals surface area (Å²) in [7, 11) is 0. The van der Waals surface area contributed by atoms with E-state index in [0.717, 1.165) is 35.6 Å². The molecule has 3 aromatic rings. The number of carbonyl (C=O) groups is 2. The van der Waals surface area contributed by atoms with Crippen LogP contribution in [0.2, 0.25) is 5.02 Å². The van der Waals surface area contributed by atoms with E-state index in [1.807, 2.05) is 35.2 Å². The Balaban J connectivity index is 1.41. The molecule has 1 aliphatic heterocycles. The number of piperidine rings is 1. The minimum atomic E-state index is -0.465. The number of carbonyl (C=O) groups excluding carboxylic acids is 2. The Kier molecular flexibility index (Phi) is 6.75. The van der Waals surface area contributed by atoms with E-state index in [0.29, 0.717) is 29.4 Å². The first kappa shape index (κ1) is 22.6. The van der Waals surface area contributed by atoms with Crippen molar-refractivity contribution in [2.24, 2.45) is 0 Å². The lowest BCUT2D eigenvalue weighted by Gasteiger charge is -2.28. The molecule has 1 saturated heterocycles. The molecule has 0 spiro atoms. The van der Waals surface area contributed by atoms with Gasteiger partial charge in [-0.3, -0.25) is 9.59 Å². The van der Waals surface area contributed by atoms with Crippen LogP contribution in [-0.2, 0) is 11.3 Å². The molecule has 0 aliphatic carbocycles. The van der Waals surface area contributed by atoms with Crippen molar-refractivity contribution < 1.29 is 14.0 Å². The summed E-state index contributed by atoms with van der Waals surface area (Å²) in [6.45, 7) is 1.15. The first-order chi connectivity index (χ1) is 15.9. The summed E-state index contributed by atoms with van der Waals surface area (Å²) < 4.78 is 13.2. The lowest BCUT2D eigenvalue weighted by atomic mass is 10.00. The summed E-state index contributed by atoms with van der Waals surface area (Å²) in [6, 6.07) is 18.3. The third-order valence-corrected chi connectivity index (χ3v) is 5.75. The van der Waals surface area contributed by atoms with Gasteiger partial charge in [-0.05, 0) is 72.5 Å². The van der Waals surface area contributed by atoms with Gasteiger partial charge in [0.25, 0.3) is 5.91 Å². The molecule has 0 atom stereocenters. The lowest BCUT2D eigenvalue weighted by molar-refractivity contribution is -0.129. The summed E-state index contributed by atoms with van der Waals surface area (Å²) in [6.07, 6.45) is 3.55. The van der Waals surface area contributed by atoms with Gasteiger partial charge in [0.05, 0.1) is 11.4 Å². The highest BCUT2D eigenvalue weighted by atomic mass is 35.5. The highest BCUT2D eigenvalue weighted by Gasteiger charge is 2.23. The monoisotopic (exact) mass is 463 g/mol. The van der Waals surface area contributed by atoms with Gasteiger partial charge in [0.1, 0.15) is 5.82 Å². The molecule has 2 amide bonds. The van der Waals surface area contributed by atoms with Crippen LogP contribution in [0.5, 0.6) is 0 Å². The molecule has 168 valence electrons. The van der Waals surface area contributed by atoms with Gasteiger partial charge in [0.2, 0.25) is 5.91 Å². The summed E-state index contributed by atoms with van der Waals surface area (Å²) in [5.74, 6) is -0.792. The normalized spacial score (nSPS) is 15.0. The predicted molar refractivity (Wildman–Crippen MR) is 129 cm³/mol. The van der Waals surface area contributed by atoms with Crippen LogP contribution < -0.4 is 11.1 Å². The number of nitrogens with zero attached hydrogens (tertiary/aromatic N) is 1. The molecule has 1 heterocycles. The van der Waals surface area contributed by atoms with Crippen LogP contribution in [0.25, 0.3) is 6.08 Å². The number of nitrogens with two attached hydrogens (primary N) is 1. The molecule has 0 unspecified atom stereocenters. The van der Waals surface area contributed by atoms with Crippen LogP contribution in [0.15, 0.2) is 72.3 Å². The van der Waals surface area contributed by atoms with E-state index < -0.39 is 5.82 Å². The average molecular weight is 464 g/mol. The van der Waals surface area contributed by atoms with Crippen LogP contribution in [0.4, 0.5) is 15.8 Å². The Bertz CT molecular complexity index is 1210. The maximum atomic E-state index is 13.2. The molecule has 3 aromatic carbocycles. The fraction of sp³-hybridized carbons (Fsp3) is 0.154. The van der Waals surface area contributed by atoms with E-state index in [1.165, 1.54) is 12.1 Å². The molecule has 5 nitrogen and oxygen atoms in total. The van der Waals surface area contributed by atoms with Crippen molar-refractivity contribution in [3.8, 4) is 0 Å². The number of rotatable bonds is 5. The van der Waals surface area contributed by atoms with Crippen molar-refractivity contribution >= 4 is 40.9 Å². The third kappa shape index (κ3) is 5.59. The Hall–Kier alpha value is -3.64. The summed E-state index contributed by atoms with van der Waals surface area (Å²) >= 11 is 5.94. The van der Waals surface area contributed by atoms with Crippen LogP contribution in [0.1, 0.15) is 34.3 Å². The van der Waals surface area contributed by atoms with Gasteiger partial charge in [-0.1, -0.05) is 35.9 Å². The largest absolute Gasteiger partial charge is 0.397 e. The lowest BCUT2D eigenvalue weighted by Crippen LogP contribution is -2.36. The van der Waals surface area contributed by atoms with Gasteiger partial charge < -0.3 is 16.0 Å². The fourth-order valence-corrected chi connectivity index (χ4v) is 3.87. The average Bonchev–Trinajstić information content (AvgIpc) is 2.80. The number of hydrogen-bond donors (Lipinski definition) is 2. The van der Waals surface area contributed by atoms with Crippen molar-refractivity contribution in [1.82, 2.24) is 4.90 Å². The SMILES string of the molecule is Nc1cc(F)ccc1NC(=O)c1ccc(CN2CCC/C(=C\c3ccc(Cl)cc3)C2=O)cc1. The van der Waals surface area contributed by atoms with Crippen molar-refractivity contribution in [3.63, 3.8) is 0 Å². The second kappa shape index (κ2) is 9.88. The smallest absolute Gasteiger partial charge is 0.255 e. The second-order valence-corrected chi connectivity index (χ2v) is 8.37. The maximum Gasteiger partial charge on any atom is 0.255 e. The summed E-state index contributed by atoms with van der Waals surface area (Å²) in [5.41, 5.74) is 9.35. The number of amides is 2. The van der Waals surface area contributed by atoms with Gasteiger partial charge in [0.15, 0.2) is 0 Å². The summed E-state index contributed by atoms with van der Waals surface area (Å²) in [5, 5.41) is 3.34. The zero-order valence-electron chi connectivity index (χ0n) is 17.9. The minimum absolute atomic E-state index is 0.0183. The molecule has 0 saturated carbocycles. The standard InChI is InChI=1S/C26H23ClFN3O2/c27-21-9-5-17(6-10-21)14-20-2-1-13-31(26(20)33)16-18-3-7-19(8-4-18)25(32)30-24-12-11-22(28)15-23(24)29/h3-12,14-15H,1-2,13,16,29H2,(H,30,32)/b20-14+. The van der Waals surface area contributed by atoms with Crippen molar-refractivity contribution in [3.05, 3.63) is 99.8 Å². The number of anilines is 2. The molecule has 0 radical (unpaired) electrons. The molecule has 33 heavy (non-hydrogen) atoms. The van der Waals surface area contributed by atoms with Gasteiger partial charge >= 0.3 is 0 Å². The molecule has 1 aliphatic rings. The molecular weight excluding hydrogens is 441 g/mol.